The van der Waals surface area contributed by atoms with Crippen LogP contribution in [0.15, 0.2) is 36.4 Å². The fourth-order valence-corrected chi connectivity index (χ4v) is 7.21. The lowest BCUT2D eigenvalue weighted by molar-refractivity contribution is 0.904. The van der Waals surface area contributed by atoms with Crippen molar-refractivity contribution in [2.24, 2.45) is 0 Å². The molecule has 1 aromatic heterocycles. The van der Waals surface area contributed by atoms with Crippen LogP contribution in [0.3, 0.4) is 0 Å². The van der Waals surface area contributed by atoms with Crippen LogP contribution in [0.2, 0.25) is 19.1 Å². The van der Waals surface area contributed by atoms with Gasteiger partial charge in [-0.05, 0) is 29.5 Å². The van der Waals surface area contributed by atoms with Gasteiger partial charge in [-0.25, -0.2) is 0 Å². The first-order valence-electron chi connectivity index (χ1n) is 7.22. The zero-order chi connectivity index (χ0) is 14.6. The maximum Gasteiger partial charge on any atom is 0.0934 e. The third-order valence-corrected chi connectivity index (χ3v) is 10.8. The number of thiophene rings is 1. The van der Waals surface area contributed by atoms with E-state index in [1.807, 2.05) is 11.3 Å². The van der Waals surface area contributed by atoms with E-state index in [9.17, 15) is 0 Å². The first-order chi connectivity index (χ1) is 9.51. The monoisotopic (exact) mass is 366 g/mol. The van der Waals surface area contributed by atoms with Crippen LogP contribution in [-0.4, -0.2) is 8.07 Å². The largest absolute Gasteiger partial charge is 0.149 e. The average molecular weight is 367 g/mol. The Labute approximate surface area is 136 Å². The van der Waals surface area contributed by atoms with Crippen LogP contribution in [0.25, 0.3) is 0 Å². The molecule has 1 heterocycles. The number of benzene rings is 1. The lowest BCUT2D eigenvalue weighted by Gasteiger charge is -2.20. The zero-order valence-electron chi connectivity index (χ0n) is 12.6. The molecular formula is C17H23BrSSi. The molecule has 2 rings (SSSR count). The van der Waals surface area contributed by atoms with Crippen molar-refractivity contribution in [3.8, 4) is 0 Å². The van der Waals surface area contributed by atoms with E-state index in [0.29, 0.717) is 0 Å². The quantitative estimate of drug-likeness (QED) is 0.467. The molecule has 0 amide bonds. The van der Waals surface area contributed by atoms with E-state index in [1.54, 1.807) is 4.50 Å². The minimum absolute atomic E-state index is 0.992. The number of hydrogen-bond donors (Lipinski definition) is 0. The van der Waals surface area contributed by atoms with Crippen molar-refractivity contribution in [1.82, 2.24) is 0 Å². The Kier molecular flexibility index (Phi) is 5.64. The Balaban J connectivity index is 1.90. The summed E-state index contributed by atoms with van der Waals surface area (Å²) in [6.45, 7) is 7.16. The van der Waals surface area contributed by atoms with Crippen molar-refractivity contribution in [3.63, 3.8) is 0 Å². The molecular weight excluding hydrogens is 344 g/mol. The Bertz CT molecular complexity index is 542. The molecule has 0 aliphatic heterocycles. The van der Waals surface area contributed by atoms with Crippen LogP contribution in [0.4, 0.5) is 0 Å². The smallest absolute Gasteiger partial charge is 0.0934 e. The Hall–Kier alpha value is -0.383. The highest BCUT2D eigenvalue weighted by Gasteiger charge is 2.24. The maximum atomic E-state index is 3.55. The molecule has 0 N–H and O–H groups in total. The topological polar surface area (TPSA) is 0 Å². The van der Waals surface area contributed by atoms with E-state index in [4.69, 9.17) is 0 Å². The van der Waals surface area contributed by atoms with Crippen molar-refractivity contribution in [1.29, 1.82) is 0 Å². The van der Waals surface area contributed by atoms with E-state index in [0.717, 1.165) is 5.33 Å². The zero-order valence-corrected chi connectivity index (χ0v) is 16.0. The summed E-state index contributed by atoms with van der Waals surface area (Å²) in [5.41, 5.74) is 2.83. The van der Waals surface area contributed by atoms with E-state index in [-0.39, 0.29) is 0 Å². The van der Waals surface area contributed by atoms with Crippen LogP contribution in [0.1, 0.15) is 22.4 Å². The van der Waals surface area contributed by atoms with Gasteiger partial charge in [-0.15, -0.1) is 11.3 Å². The summed E-state index contributed by atoms with van der Waals surface area (Å²) < 4.78 is 1.65. The third kappa shape index (κ3) is 4.30. The number of rotatable bonds is 6. The molecule has 0 saturated heterocycles. The molecule has 1 aromatic carbocycles. The summed E-state index contributed by atoms with van der Waals surface area (Å²) in [7, 11) is -1.24. The van der Waals surface area contributed by atoms with Gasteiger partial charge in [0.2, 0.25) is 0 Å². The minimum atomic E-state index is -1.24. The molecule has 0 aliphatic carbocycles. The van der Waals surface area contributed by atoms with Gasteiger partial charge in [0, 0.05) is 10.2 Å². The predicted octanol–water partition coefficient (Wildman–Crippen LogP) is 5.50. The van der Waals surface area contributed by atoms with Gasteiger partial charge in [0.05, 0.1) is 8.07 Å². The molecule has 0 radical (unpaired) electrons. The van der Waals surface area contributed by atoms with Gasteiger partial charge in [-0.3, -0.25) is 0 Å². The molecule has 0 bridgehead atoms. The summed E-state index contributed by atoms with van der Waals surface area (Å²) in [6, 6.07) is 15.0. The van der Waals surface area contributed by atoms with Crippen LogP contribution in [0, 0.1) is 6.92 Å². The normalized spacial score (nSPS) is 11.8. The van der Waals surface area contributed by atoms with Crippen molar-refractivity contribution in [2.75, 3.05) is 0 Å². The Morgan fingerprint density at radius 2 is 1.75 bits per heavy atom. The molecule has 0 atom stereocenters. The molecule has 0 fully saturated rings. The highest BCUT2D eigenvalue weighted by atomic mass is 79.9. The summed E-state index contributed by atoms with van der Waals surface area (Å²) in [6.07, 6.45) is 2.53. The first kappa shape index (κ1) is 16.0. The second-order valence-corrected chi connectivity index (χ2v) is 13.0. The minimum Gasteiger partial charge on any atom is -0.149 e. The summed E-state index contributed by atoms with van der Waals surface area (Å²) in [5, 5.41) is 0.992. The summed E-state index contributed by atoms with van der Waals surface area (Å²) >= 11 is 5.56. The van der Waals surface area contributed by atoms with Crippen LogP contribution >= 0.6 is 27.3 Å². The SMILES string of the molecule is Cc1ccc(CCC[Si](C)(C)c2ccc(CBr)s2)cc1. The van der Waals surface area contributed by atoms with E-state index < -0.39 is 8.07 Å². The summed E-state index contributed by atoms with van der Waals surface area (Å²) in [4.78, 5) is 1.46. The van der Waals surface area contributed by atoms with Crippen molar-refractivity contribution >= 4 is 39.8 Å². The van der Waals surface area contributed by atoms with Gasteiger partial charge in [-0.1, -0.05) is 77.4 Å². The Morgan fingerprint density at radius 1 is 1.05 bits per heavy atom. The maximum absolute atomic E-state index is 3.55. The molecule has 20 heavy (non-hydrogen) atoms. The van der Waals surface area contributed by atoms with Gasteiger partial charge < -0.3 is 0 Å². The van der Waals surface area contributed by atoms with Crippen molar-refractivity contribution in [3.05, 3.63) is 52.4 Å². The van der Waals surface area contributed by atoms with Gasteiger partial charge in [0.1, 0.15) is 0 Å². The molecule has 0 spiro atoms. The van der Waals surface area contributed by atoms with E-state index >= 15 is 0 Å². The second kappa shape index (κ2) is 7.06. The highest BCUT2D eigenvalue weighted by molar-refractivity contribution is 9.08. The van der Waals surface area contributed by atoms with E-state index in [2.05, 4.69) is 72.3 Å². The standard InChI is InChI=1S/C17H23BrSSi/c1-14-6-8-15(9-7-14)5-4-12-20(2,3)17-11-10-16(13-18)19-17/h6-11H,4-5,12-13H2,1-3H3. The fraction of sp³-hybridized carbons (Fsp3) is 0.412. The first-order valence-corrected chi connectivity index (χ1v) is 12.4. The van der Waals surface area contributed by atoms with Crippen LogP contribution in [0.5, 0.6) is 0 Å². The molecule has 0 aliphatic rings. The van der Waals surface area contributed by atoms with Crippen molar-refractivity contribution < 1.29 is 0 Å². The highest BCUT2D eigenvalue weighted by Crippen LogP contribution is 2.21. The number of aryl methyl sites for hydroxylation is 2. The molecule has 0 saturated carbocycles. The third-order valence-electron chi connectivity index (χ3n) is 3.85. The lowest BCUT2D eigenvalue weighted by Crippen LogP contribution is -2.38. The van der Waals surface area contributed by atoms with Gasteiger partial charge in [0.25, 0.3) is 0 Å². The molecule has 0 nitrogen and oxygen atoms in total. The number of alkyl halides is 1. The van der Waals surface area contributed by atoms with Crippen LogP contribution in [-0.2, 0) is 11.8 Å². The van der Waals surface area contributed by atoms with Gasteiger partial charge in [0.15, 0.2) is 0 Å². The van der Waals surface area contributed by atoms with Crippen LogP contribution < -0.4 is 4.50 Å². The van der Waals surface area contributed by atoms with E-state index in [1.165, 1.54) is 34.9 Å². The predicted molar refractivity (Wildman–Crippen MR) is 98.4 cm³/mol. The molecule has 3 heteroatoms. The molecule has 2 aromatic rings. The number of hydrogen-bond acceptors (Lipinski definition) is 1. The van der Waals surface area contributed by atoms with Gasteiger partial charge >= 0.3 is 0 Å². The Morgan fingerprint density at radius 3 is 2.35 bits per heavy atom. The lowest BCUT2D eigenvalue weighted by atomic mass is 10.1. The summed E-state index contributed by atoms with van der Waals surface area (Å²) in [5.74, 6) is 0. The van der Waals surface area contributed by atoms with Crippen molar-refractivity contribution in [2.45, 2.75) is 44.2 Å². The molecule has 0 unspecified atom stereocenters. The molecule has 108 valence electrons. The number of halogens is 1. The van der Waals surface area contributed by atoms with Gasteiger partial charge in [-0.2, -0.15) is 0 Å². The fourth-order valence-electron chi connectivity index (χ4n) is 2.43. The average Bonchev–Trinajstić information content (AvgIpc) is 2.90. The second-order valence-electron chi connectivity index (χ2n) is 6.12.